The number of para-hydroxylation sites is 1. The number of hydrogen-bond acceptors (Lipinski definition) is 6. The number of nitrogens with zero attached hydrogens (tertiary/aromatic N) is 3. The van der Waals surface area contributed by atoms with Gasteiger partial charge in [-0.2, -0.15) is 4.98 Å². The molecule has 0 bridgehead atoms. The monoisotopic (exact) mass is 393 g/mol. The molecule has 0 unspecified atom stereocenters. The molecule has 1 aliphatic rings. The Morgan fingerprint density at radius 3 is 2.76 bits per heavy atom. The SMILES string of the molecule is COc1ccc(-c2noc(CCC(=O)N3c4ccccc4C[C@H]3C)n2)cc1OC. The Morgan fingerprint density at radius 2 is 1.97 bits per heavy atom. The molecule has 0 saturated heterocycles. The number of carbonyl (C=O) groups excluding carboxylic acids is 1. The minimum absolute atomic E-state index is 0.0633. The zero-order valence-corrected chi connectivity index (χ0v) is 16.7. The molecule has 2 aromatic carbocycles. The van der Waals surface area contributed by atoms with Crippen LogP contribution >= 0.6 is 0 Å². The van der Waals surface area contributed by atoms with E-state index in [-0.39, 0.29) is 11.9 Å². The molecule has 7 heteroatoms. The summed E-state index contributed by atoms with van der Waals surface area (Å²) < 4.78 is 15.9. The van der Waals surface area contributed by atoms with Crippen molar-refractivity contribution >= 4 is 11.6 Å². The zero-order chi connectivity index (χ0) is 20.4. The number of methoxy groups -OCH3 is 2. The van der Waals surface area contributed by atoms with Crippen molar-refractivity contribution in [1.29, 1.82) is 0 Å². The van der Waals surface area contributed by atoms with Crippen LogP contribution in [0.1, 0.15) is 24.8 Å². The lowest BCUT2D eigenvalue weighted by atomic mass is 10.1. The second kappa shape index (κ2) is 7.95. The molecule has 3 aromatic rings. The highest BCUT2D eigenvalue weighted by Gasteiger charge is 2.30. The number of hydrogen-bond donors (Lipinski definition) is 0. The lowest BCUT2D eigenvalue weighted by Gasteiger charge is -2.22. The van der Waals surface area contributed by atoms with Gasteiger partial charge in [-0.25, -0.2) is 0 Å². The highest BCUT2D eigenvalue weighted by Crippen LogP contribution is 2.33. The number of rotatable bonds is 6. The minimum Gasteiger partial charge on any atom is -0.493 e. The first-order chi connectivity index (χ1) is 14.1. The Hall–Kier alpha value is -3.35. The summed E-state index contributed by atoms with van der Waals surface area (Å²) in [5.41, 5.74) is 2.97. The molecule has 1 aliphatic heterocycles. The molecule has 0 aliphatic carbocycles. The second-order valence-electron chi connectivity index (χ2n) is 7.03. The van der Waals surface area contributed by atoms with Gasteiger partial charge in [-0.3, -0.25) is 4.79 Å². The van der Waals surface area contributed by atoms with Crippen LogP contribution < -0.4 is 14.4 Å². The largest absolute Gasteiger partial charge is 0.493 e. The number of fused-ring (bicyclic) bond motifs is 1. The van der Waals surface area contributed by atoms with Crippen molar-refractivity contribution in [2.45, 2.75) is 32.2 Å². The molecule has 4 rings (SSSR count). The Balaban J connectivity index is 1.44. The van der Waals surface area contributed by atoms with Gasteiger partial charge in [0.2, 0.25) is 17.6 Å². The van der Waals surface area contributed by atoms with Gasteiger partial charge in [0.1, 0.15) is 0 Å². The maximum atomic E-state index is 12.8. The van der Waals surface area contributed by atoms with Gasteiger partial charge in [-0.1, -0.05) is 23.4 Å². The van der Waals surface area contributed by atoms with Gasteiger partial charge in [0, 0.05) is 30.1 Å². The first-order valence-electron chi connectivity index (χ1n) is 9.55. The maximum Gasteiger partial charge on any atom is 0.227 e. The van der Waals surface area contributed by atoms with Gasteiger partial charge in [0.05, 0.1) is 14.2 Å². The molecule has 1 amide bonds. The van der Waals surface area contributed by atoms with Crippen molar-refractivity contribution in [2.24, 2.45) is 0 Å². The van der Waals surface area contributed by atoms with Gasteiger partial charge in [0.15, 0.2) is 11.5 Å². The van der Waals surface area contributed by atoms with E-state index in [1.165, 1.54) is 5.56 Å². The third-order valence-electron chi connectivity index (χ3n) is 5.14. The fourth-order valence-electron chi connectivity index (χ4n) is 3.73. The third-order valence-corrected chi connectivity index (χ3v) is 5.14. The Morgan fingerprint density at radius 1 is 1.17 bits per heavy atom. The lowest BCUT2D eigenvalue weighted by molar-refractivity contribution is -0.118. The van der Waals surface area contributed by atoms with Crippen molar-refractivity contribution < 1.29 is 18.8 Å². The van der Waals surface area contributed by atoms with Gasteiger partial charge >= 0.3 is 0 Å². The molecule has 0 N–H and O–H groups in total. The Kier molecular flexibility index (Phi) is 5.20. The number of ether oxygens (including phenoxy) is 2. The smallest absolute Gasteiger partial charge is 0.227 e. The molecule has 1 atom stereocenters. The summed E-state index contributed by atoms with van der Waals surface area (Å²) in [6.45, 7) is 2.07. The van der Waals surface area contributed by atoms with E-state index in [9.17, 15) is 4.79 Å². The van der Waals surface area contributed by atoms with E-state index in [0.29, 0.717) is 36.1 Å². The van der Waals surface area contributed by atoms with Crippen molar-refractivity contribution in [1.82, 2.24) is 10.1 Å². The van der Waals surface area contributed by atoms with E-state index in [4.69, 9.17) is 14.0 Å². The van der Waals surface area contributed by atoms with E-state index in [1.807, 2.05) is 29.2 Å². The van der Waals surface area contributed by atoms with Crippen LogP contribution in [-0.2, 0) is 17.6 Å². The summed E-state index contributed by atoms with van der Waals surface area (Å²) in [7, 11) is 3.16. The molecule has 29 heavy (non-hydrogen) atoms. The van der Waals surface area contributed by atoms with E-state index in [2.05, 4.69) is 23.1 Å². The number of aryl methyl sites for hydroxylation is 1. The van der Waals surface area contributed by atoms with E-state index >= 15 is 0 Å². The van der Waals surface area contributed by atoms with Crippen LogP contribution in [0.2, 0.25) is 0 Å². The molecular formula is C22H23N3O4. The average Bonchev–Trinajstić information content (AvgIpc) is 3.35. The van der Waals surface area contributed by atoms with Gasteiger partial charge in [0.25, 0.3) is 0 Å². The number of anilines is 1. The molecule has 2 heterocycles. The molecule has 7 nitrogen and oxygen atoms in total. The molecule has 1 aromatic heterocycles. The minimum atomic E-state index is 0.0633. The Labute approximate surface area is 169 Å². The molecule has 150 valence electrons. The quantitative estimate of drug-likeness (QED) is 0.636. The predicted molar refractivity (Wildman–Crippen MR) is 108 cm³/mol. The third kappa shape index (κ3) is 3.68. The second-order valence-corrected chi connectivity index (χ2v) is 7.03. The zero-order valence-electron chi connectivity index (χ0n) is 16.7. The van der Waals surface area contributed by atoms with E-state index in [1.54, 1.807) is 26.4 Å². The van der Waals surface area contributed by atoms with E-state index < -0.39 is 0 Å². The molecule has 0 radical (unpaired) electrons. The lowest BCUT2D eigenvalue weighted by Crippen LogP contribution is -2.35. The molecule has 0 saturated carbocycles. The van der Waals surface area contributed by atoms with Crippen LogP contribution in [0, 0.1) is 0 Å². The highest BCUT2D eigenvalue weighted by molar-refractivity contribution is 5.96. The molecule has 0 spiro atoms. The summed E-state index contributed by atoms with van der Waals surface area (Å²) in [5.74, 6) is 2.17. The highest BCUT2D eigenvalue weighted by atomic mass is 16.5. The van der Waals surface area contributed by atoms with Gasteiger partial charge in [-0.15, -0.1) is 0 Å². The predicted octanol–water partition coefficient (Wildman–Crippen LogP) is 3.66. The maximum absolute atomic E-state index is 12.8. The van der Waals surface area contributed by atoms with Crippen molar-refractivity contribution in [3.63, 3.8) is 0 Å². The van der Waals surface area contributed by atoms with Crippen LogP contribution in [0.5, 0.6) is 11.5 Å². The fraction of sp³-hybridized carbons (Fsp3) is 0.318. The summed E-state index contributed by atoms with van der Waals surface area (Å²) in [6, 6.07) is 13.6. The molecular weight excluding hydrogens is 370 g/mol. The number of aromatic nitrogens is 2. The standard InChI is InChI=1S/C22H23N3O4/c1-14-12-15-6-4-5-7-17(15)25(14)21(26)11-10-20-23-22(24-29-20)16-8-9-18(27-2)19(13-16)28-3/h4-9,13-14H,10-12H2,1-3H3/t14-/m1/s1. The van der Waals surface area contributed by atoms with Crippen LogP contribution in [-0.4, -0.2) is 36.3 Å². The van der Waals surface area contributed by atoms with Crippen LogP contribution in [0.15, 0.2) is 47.0 Å². The summed E-state index contributed by atoms with van der Waals surface area (Å²) in [6.07, 6.45) is 1.59. The van der Waals surface area contributed by atoms with Gasteiger partial charge in [-0.05, 0) is 43.2 Å². The first kappa shape index (κ1) is 19.0. The number of amides is 1. The van der Waals surface area contributed by atoms with Crippen LogP contribution in [0.25, 0.3) is 11.4 Å². The fourth-order valence-corrected chi connectivity index (χ4v) is 3.73. The average molecular weight is 393 g/mol. The molecule has 0 fully saturated rings. The van der Waals surface area contributed by atoms with Gasteiger partial charge < -0.3 is 18.9 Å². The van der Waals surface area contributed by atoms with Crippen molar-refractivity contribution in [3.8, 4) is 22.9 Å². The van der Waals surface area contributed by atoms with Crippen LogP contribution in [0.3, 0.4) is 0 Å². The summed E-state index contributed by atoms with van der Waals surface area (Å²) in [4.78, 5) is 19.1. The Bertz CT molecular complexity index is 1030. The number of carbonyl (C=O) groups is 1. The first-order valence-corrected chi connectivity index (χ1v) is 9.55. The number of benzene rings is 2. The summed E-state index contributed by atoms with van der Waals surface area (Å²) in [5, 5.41) is 4.04. The van der Waals surface area contributed by atoms with Crippen molar-refractivity contribution in [3.05, 3.63) is 53.9 Å². The normalized spacial score (nSPS) is 15.3. The van der Waals surface area contributed by atoms with Crippen molar-refractivity contribution in [2.75, 3.05) is 19.1 Å². The van der Waals surface area contributed by atoms with Crippen LogP contribution in [0.4, 0.5) is 5.69 Å². The summed E-state index contributed by atoms with van der Waals surface area (Å²) >= 11 is 0. The topological polar surface area (TPSA) is 77.7 Å². The van der Waals surface area contributed by atoms with E-state index in [0.717, 1.165) is 17.7 Å².